The van der Waals surface area contributed by atoms with Gasteiger partial charge in [0.25, 0.3) is 0 Å². The first-order chi connectivity index (χ1) is 14.9. The van der Waals surface area contributed by atoms with Crippen LogP contribution in [0.2, 0.25) is 0 Å². The Labute approximate surface area is 179 Å². The van der Waals surface area contributed by atoms with E-state index in [-0.39, 0.29) is 0 Å². The van der Waals surface area contributed by atoms with Crippen LogP contribution in [0.25, 0.3) is 11.4 Å². The second-order valence-corrected chi connectivity index (χ2v) is 7.99. The molecule has 0 atom stereocenters. The fraction of sp³-hybridized carbons (Fsp3) is 0.391. The topological polar surface area (TPSA) is 45.4 Å². The van der Waals surface area contributed by atoms with Crippen molar-refractivity contribution < 1.29 is 17.7 Å². The Morgan fingerprint density at radius 1 is 1.03 bits per heavy atom. The van der Waals surface area contributed by atoms with E-state index in [0.717, 1.165) is 44.6 Å². The molecule has 0 spiro atoms. The molecule has 0 aliphatic carbocycles. The Hall–Kier alpha value is -2.71. The number of rotatable bonds is 6. The molecular formula is C23H25F3N4O. The SMILES string of the molecule is CN(Cc1ccccc1)C1CCN(Cc2nc(-c3ccc(C(F)(F)F)cc3)no2)CC1. The van der Waals surface area contributed by atoms with Crippen molar-refractivity contribution in [2.45, 2.75) is 38.1 Å². The molecule has 5 nitrogen and oxygen atoms in total. The zero-order valence-electron chi connectivity index (χ0n) is 17.3. The summed E-state index contributed by atoms with van der Waals surface area (Å²) in [5, 5.41) is 3.93. The number of nitrogens with zero attached hydrogens (tertiary/aromatic N) is 4. The molecule has 0 radical (unpaired) electrons. The molecule has 4 rings (SSSR count). The first-order valence-corrected chi connectivity index (χ1v) is 10.4. The Bertz CT molecular complexity index is 964. The predicted molar refractivity (Wildman–Crippen MR) is 111 cm³/mol. The third kappa shape index (κ3) is 5.51. The maximum Gasteiger partial charge on any atom is 0.416 e. The van der Waals surface area contributed by atoms with Crippen molar-refractivity contribution in [3.63, 3.8) is 0 Å². The minimum Gasteiger partial charge on any atom is -0.338 e. The van der Waals surface area contributed by atoms with Crippen LogP contribution in [-0.2, 0) is 19.3 Å². The highest BCUT2D eigenvalue weighted by molar-refractivity contribution is 5.54. The van der Waals surface area contributed by atoms with E-state index in [9.17, 15) is 13.2 Å². The fourth-order valence-electron chi connectivity index (χ4n) is 3.95. The highest BCUT2D eigenvalue weighted by Gasteiger charge is 2.30. The third-order valence-electron chi connectivity index (χ3n) is 5.75. The Morgan fingerprint density at radius 3 is 2.35 bits per heavy atom. The number of hydrogen-bond acceptors (Lipinski definition) is 5. The van der Waals surface area contributed by atoms with Crippen molar-refractivity contribution in [2.75, 3.05) is 20.1 Å². The molecule has 31 heavy (non-hydrogen) atoms. The second kappa shape index (κ2) is 9.20. The van der Waals surface area contributed by atoms with Crippen LogP contribution in [-0.4, -0.2) is 46.1 Å². The van der Waals surface area contributed by atoms with Crippen LogP contribution in [0.1, 0.15) is 29.9 Å². The van der Waals surface area contributed by atoms with Gasteiger partial charge in [-0.3, -0.25) is 9.80 Å². The summed E-state index contributed by atoms with van der Waals surface area (Å²) in [6.45, 7) is 3.35. The molecule has 1 aliphatic rings. The van der Waals surface area contributed by atoms with Gasteiger partial charge in [-0.15, -0.1) is 0 Å². The lowest BCUT2D eigenvalue weighted by molar-refractivity contribution is -0.137. The lowest BCUT2D eigenvalue weighted by Gasteiger charge is -2.36. The van der Waals surface area contributed by atoms with Crippen LogP contribution in [0.3, 0.4) is 0 Å². The molecule has 0 bridgehead atoms. The molecule has 3 aromatic rings. The summed E-state index contributed by atoms with van der Waals surface area (Å²) in [4.78, 5) is 9.04. The fourth-order valence-corrected chi connectivity index (χ4v) is 3.95. The minimum atomic E-state index is -4.36. The average Bonchev–Trinajstić information content (AvgIpc) is 3.23. The molecule has 1 saturated heterocycles. The molecule has 2 aromatic carbocycles. The Kier molecular flexibility index (Phi) is 6.38. The maximum atomic E-state index is 12.7. The van der Waals surface area contributed by atoms with Gasteiger partial charge in [0.2, 0.25) is 11.7 Å². The molecule has 0 saturated carbocycles. The van der Waals surface area contributed by atoms with Gasteiger partial charge < -0.3 is 4.52 Å². The number of piperidine rings is 1. The molecule has 2 heterocycles. The van der Waals surface area contributed by atoms with Crippen molar-refractivity contribution in [3.8, 4) is 11.4 Å². The molecule has 164 valence electrons. The molecule has 1 fully saturated rings. The summed E-state index contributed by atoms with van der Waals surface area (Å²) < 4.78 is 43.5. The molecule has 0 N–H and O–H groups in total. The van der Waals surface area contributed by atoms with Gasteiger partial charge >= 0.3 is 6.18 Å². The largest absolute Gasteiger partial charge is 0.416 e. The minimum absolute atomic E-state index is 0.307. The first-order valence-electron chi connectivity index (χ1n) is 10.4. The average molecular weight is 430 g/mol. The van der Waals surface area contributed by atoms with Gasteiger partial charge in [0, 0.05) is 31.2 Å². The van der Waals surface area contributed by atoms with Gasteiger partial charge in [-0.05, 0) is 37.6 Å². The Morgan fingerprint density at radius 2 is 1.71 bits per heavy atom. The van der Waals surface area contributed by atoms with E-state index in [1.165, 1.54) is 17.7 Å². The predicted octanol–water partition coefficient (Wildman–Crippen LogP) is 4.85. The zero-order valence-corrected chi connectivity index (χ0v) is 17.3. The van der Waals surface area contributed by atoms with E-state index >= 15 is 0 Å². The van der Waals surface area contributed by atoms with E-state index in [2.05, 4.69) is 51.3 Å². The van der Waals surface area contributed by atoms with E-state index in [4.69, 9.17) is 4.52 Å². The van der Waals surface area contributed by atoms with Crippen LogP contribution >= 0.6 is 0 Å². The standard InChI is InChI=1S/C23H25F3N4O/c1-29(15-17-5-3-2-4-6-17)20-11-13-30(14-12-20)16-21-27-22(28-31-21)18-7-9-19(10-8-18)23(24,25)26/h2-10,20H,11-16H2,1H3. The van der Waals surface area contributed by atoms with Gasteiger partial charge in [0.15, 0.2) is 0 Å². The lowest BCUT2D eigenvalue weighted by Crippen LogP contribution is -2.42. The van der Waals surface area contributed by atoms with Crippen molar-refractivity contribution in [3.05, 3.63) is 71.6 Å². The van der Waals surface area contributed by atoms with Crippen molar-refractivity contribution >= 4 is 0 Å². The molecule has 1 aromatic heterocycles. The zero-order chi connectivity index (χ0) is 21.8. The number of benzene rings is 2. The summed E-state index contributed by atoms with van der Waals surface area (Å²) in [6.07, 6.45) is -2.24. The van der Waals surface area contributed by atoms with Crippen molar-refractivity contribution in [1.82, 2.24) is 19.9 Å². The van der Waals surface area contributed by atoms with Crippen LogP contribution in [0.4, 0.5) is 13.2 Å². The van der Waals surface area contributed by atoms with Gasteiger partial charge in [0.05, 0.1) is 12.1 Å². The van der Waals surface area contributed by atoms with Gasteiger partial charge in [0.1, 0.15) is 0 Å². The summed E-state index contributed by atoms with van der Waals surface area (Å²) in [7, 11) is 2.17. The van der Waals surface area contributed by atoms with Crippen LogP contribution in [0, 0.1) is 0 Å². The highest BCUT2D eigenvalue weighted by Crippen LogP contribution is 2.30. The van der Waals surface area contributed by atoms with Crippen LogP contribution < -0.4 is 0 Å². The van der Waals surface area contributed by atoms with E-state index in [0.29, 0.717) is 29.9 Å². The number of alkyl halides is 3. The molecule has 0 amide bonds. The lowest BCUT2D eigenvalue weighted by atomic mass is 10.0. The smallest absolute Gasteiger partial charge is 0.338 e. The van der Waals surface area contributed by atoms with Gasteiger partial charge in [-0.25, -0.2) is 0 Å². The summed E-state index contributed by atoms with van der Waals surface area (Å²) in [5.74, 6) is 0.784. The summed E-state index contributed by atoms with van der Waals surface area (Å²) >= 11 is 0. The maximum absolute atomic E-state index is 12.7. The number of likely N-dealkylation sites (tertiary alicyclic amines) is 1. The van der Waals surface area contributed by atoms with Gasteiger partial charge in [-0.1, -0.05) is 47.6 Å². The summed E-state index contributed by atoms with van der Waals surface area (Å²) in [5.41, 5.74) is 1.12. The van der Waals surface area contributed by atoms with Crippen LogP contribution in [0.5, 0.6) is 0 Å². The van der Waals surface area contributed by atoms with Crippen molar-refractivity contribution in [1.29, 1.82) is 0 Å². The van der Waals surface area contributed by atoms with E-state index in [1.54, 1.807) is 0 Å². The first kappa shape index (κ1) is 21.5. The molecule has 8 heteroatoms. The Balaban J connectivity index is 1.29. The van der Waals surface area contributed by atoms with E-state index < -0.39 is 11.7 Å². The highest BCUT2D eigenvalue weighted by atomic mass is 19.4. The van der Waals surface area contributed by atoms with Crippen LogP contribution in [0.15, 0.2) is 59.1 Å². The number of hydrogen-bond donors (Lipinski definition) is 0. The quantitative estimate of drug-likeness (QED) is 0.559. The summed E-state index contributed by atoms with van der Waals surface area (Å²) in [6, 6.07) is 15.8. The van der Waals surface area contributed by atoms with Gasteiger partial charge in [-0.2, -0.15) is 18.2 Å². The van der Waals surface area contributed by atoms with Crippen molar-refractivity contribution in [2.24, 2.45) is 0 Å². The normalized spacial score (nSPS) is 16.2. The molecular weight excluding hydrogens is 405 g/mol. The molecule has 1 aliphatic heterocycles. The monoisotopic (exact) mass is 430 g/mol. The third-order valence-corrected chi connectivity index (χ3v) is 5.75. The molecule has 0 unspecified atom stereocenters. The number of halogens is 3. The van der Waals surface area contributed by atoms with E-state index in [1.807, 2.05) is 6.07 Å². The second-order valence-electron chi connectivity index (χ2n) is 7.99. The number of aromatic nitrogens is 2.